The third-order valence-corrected chi connectivity index (χ3v) is 7.90. The van der Waals surface area contributed by atoms with Crippen molar-refractivity contribution in [2.45, 2.75) is 83.6 Å². The van der Waals surface area contributed by atoms with Gasteiger partial charge in [-0.15, -0.1) is 0 Å². The van der Waals surface area contributed by atoms with Crippen LogP contribution < -0.4 is 10.6 Å². The Balaban J connectivity index is 1.39. The molecule has 4 rings (SSSR count). The summed E-state index contributed by atoms with van der Waals surface area (Å²) in [6.07, 6.45) is 8.31. The van der Waals surface area contributed by atoms with E-state index in [1.807, 2.05) is 17.0 Å². The summed E-state index contributed by atoms with van der Waals surface area (Å²) < 4.78 is 0.631. The summed E-state index contributed by atoms with van der Waals surface area (Å²) >= 11 is 7.36. The lowest BCUT2D eigenvalue weighted by Crippen LogP contribution is -2.61. The van der Waals surface area contributed by atoms with E-state index in [1.54, 1.807) is 6.20 Å². The molecule has 190 valence electrons. The zero-order valence-electron chi connectivity index (χ0n) is 20.9. The molecule has 35 heavy (non-hydrogen) atoms. The number of thiazole rings is 1. The number of hydrogen-bond donors (Lipinski definition) is 2. The van der Waals surface area contributed by atoms with Gasteiger partial charge in [0, 0.05) is 31.1 Å². The maximum atomic E-state index is 13.7. The molecule has 9 heteroatoms. The summed E-state index contributed by atoms with van der Waals surface area (Å²) in [6, 6.07) is 5.97. The first kappa shape index (κ1) is 25.9. The Morgan fingerprint density at radius 3 is 2.51 bits per heavy atom. The van der Waals surface area contributed by atoms with Crippen LogP contribution in [0, 0.1) is 5.41 Å². The molecule has 0 atom stereocenters. The lowest BCUT2D eigenvalue weighted by molar-refractivity contribution is -0.145. The van der Waals surface area contributed by atoms with Crippen molar-refractivity contribution in [2.24, 2.45) is 5.41 Å². The fourth-order valence-corrected chi connectivity index (χ4v) is 6.01. The van der Waals surface area contributed by atoms with E-state index in [0.717, 1.165) is 56.5 Å². The first-order valence-electron chi connectivity index (χ1n) is 12.6. The Labute approximate surface area is 217 Å². The third-order valence-electron chi connectivity index (χ3n) is 6.87. The summed E-state index contributed by atoms with van der Waals surface area (Å²) in [7, 11) is 0. The fourth-order valence-electron chi connectivity index (χ4n) is 5.19. The summed E-state index contributed by atoms with van der Waals surface area (Å²) in [5, 5.41) is 7.13. The molecule has 0 unspecified atom stereocenters. The maximum Gasteiger partial charge on any atom is 0.248 e. The van der Waals surface area contributed by atoms with Gasteiger partial charge in [0.1, 0.15) is 15.7 Å². The van der Waals surface area contributed by atoms with Crippen LogP contribution >= 0.6 is 22.9 Å². The number of rotatable bonds is 6. The molecule has 2 aromatic heterocycles. The van der Waals surface area contributed by atoms with Gasteiger partial charge < -0.3 is 15.5 Å². The van der Waals surface area contributed by atoms with Crippen LogP contribution in [0.2, 0.25) is 4.34 Å². The lowest BCUT2D eigenvalue weighted by atomic mass is 9.79. The molecule has 1 saturated carbocycles. The maximum absolute atomic E-state index is 13.7. The minimum Gasteiger partial charge on any atom is -0.342 e. The van der Waals surface area contributed by atoms with E-state index in [4.69, 9.17) is 16.6 Å². The molecule has 7 nitrogen and oxygen atoms in total. The van der Waals surface area contributed by atoms with Crippen molar-refractivity contribution in [1.29, 1.82) is 0 Å². The van der Waals surface area contributed by atoms with Crippen molar-refractivity contribution in [2.75, 3.05) is 18.4 Å². The highest BCUT2D eigenvalue weighted by Gasteiger charge is 2.44. The number of halogens is 1. The molecule has 2 N–H and O–H groups in total. The first-order chi connectivity index (χ1) is 16.6. The van der Waals surface area contributed by atoms with Gasteiger partial charge in [0.2, 0.25) is 11.8 Å². The Morgan fingerprint density at radius 2 is 1.89 bits per heavy atom. The second-order valence-corrected chi connectivity index (χ2v) is 12.7. The van der Waals surface area contributed by atoms with Crippen molar-refractivity contribution in [3.8, 4) is 0 Å². The second-order valence-electron chi connectivity index (χ2n) is 11.0. The van der Waals surface area contributed by atoms with Crippen molar-refractivity contribution in [3.05, 3.63) is 34.4 Å². The zero-order chi connectivity index (χ0) is 25.1. The van der Waals surface area contributed by atoms with Gasteiger partial charge in [-0.2, -0.15) is 0 Å². The Hall–Kier alpha value is -2.19. The van der Waals surface area contributed by atoms with Gasteiger partial charge in [-0.25, -0.2) is 9.97 Å². The molecule has 1 aliphatic carbocycles. The number of pyridine rings is 1. The molecule has 1 saturated heterocycles. The number of aromatic nitrogens is 2. The summed E-state index contributed by atoms with van der Waals surface area (Å²) in [5.74, 6) is 1.12. The molecule has 0 spiro atoms. The number of nitrogens with zero attached hydrogens (tertiary/aromatic N) is 3. The van der Waals surface area contributed by atoms with Crippen LogP contribution in [0.15, 0.2) is 24.4 Å². The van der Waals surface area contributed by atoms with E-state index < -0.39 is 5.54 Å². The molecule has 2 aromatic rings. The highest BCUT2D eigenvalue weighted by molar-refractivity contribution is 7.19. The molecule has 3 heterocycles. The van der Waals surface area contributed by atoms with Gasteiger partial charge >= 0.3 is 0 Å². The highest BCUT2D eigenvalue weighted by atomic mass is 35.5. The van der Waals surface area contributed by atoms with Gasteiger partial charge in [0.15, 0.2) is 5.13 Å². The molecular weight excluding hydrogens is 482 g/mol. The number of amides is 2. The smallest absolute Gasteiger partial charge is 0.248 e. The highest BCUT2D eigenvalue weighted by Crippen LogP contribution is 2.34. The number of carbonyl (C=O) groups is 2. The van der Waals surface area contributed by atoms with Crippen LogP contribution in [-0.2, 0) is 9.59 Å². The minimum absolute atomic E-state index is 0.0160. The largest absolute Gasteiger partial charge is 0.342 e. The number of hydrogen-bond acceptors (Lipinski definition) is 6. The van der Waals surface area contributed by atoms with Crippen molar-refractivity contribution in [3.63, 3.8) is 0 Å². The number of anilines is 2. The van der Waals surface area contributed by atoms with E-state index in [1.165, 1.54) is 11.3 Å². The Morgan fingerprint density at radius 1 is 1.17 bits per heavy atom. The monoisotopic (exact) mass is 517 g/mol. The predicted molar refractivity (Wildman–Crippen MR) is 141 cm³/mol. The first-order valence-corrected chi connectivity index (χ1v) is 13.8. The number of likely N-dealkylation sites (tertiary alicyclic amines) is 1. The quantitative estimate of drug-likeness (QED) is 0.498. The van der Waals surface area contributed by atoms with Gasteiger partial charge in [-0.3, -0.25) is 9.59 Å². The van der Waals surface area contributed by atoms with E-state index >= 15 is 0 Å². The standard InChI is InChI=1S/C26H36ClN5O2S/c1-25(2,3)16-22(33)31-26(12-5-4-6-13-26)23(34)32-14-10-18(11-15-32)19-8-7-9-21(29-19)30-24-28-17-20(27)35-24/h7-9,17-18H,4-6,10-16H2,1-3H3,(H,31,33)(H,28,29,30). The predicted octanol–water partition coefficient (Wildman–Crippen LogP) is 5.90. The third kappa shape index (κ3) is 6.73. The van der Waals surface area contributed by atoms with E-state index in [9.17, 15) is 9.59 Å². The van der Waals surface area contributed by atoms with Gasteiger partial charge in [0.05, 0.1) is 6.20 Å². The average Bonchev–Trinajstić information content (AvgIpc) is 3.22. The molecule has 0 aromatic carbocycles. The summed E-state index contributed by atoms with van der Waals surface area (Å²) in [6.45, 7) is 7.52. The number of carbonyl (C=O) groups excluding carboxylic acids is 2. The topological polar surface area (TPSA) is 87.2 Å². The average molecular weight is 518 g/mol. The number of nitrogens with one attached hydrogen (secondary N) is 2. The van der Waals surface area contributed by atoms with E-state index in [-0.39, 0.29) is 17.2 Å². The molecule has 2 fully saturated rings. The fraction of sp³-hybridized carbons (Fsp3) is 0.615. The molecule has 2 aliphatic rings. The van der Waals surface area contributed by atoms with Gasteiger partial charge in [-0.1, -0.05) is 69.0 Å². The molecule has 0 radical (unpaired) electrons. The van der Waals surface area contributed by atoms with Gasteiger partial charge in [0.25, 0.3) is 0 Å². The van der Waals surface area contributed by atoms with Crippen molar-refractivity contribution < 1.29 is 9.59 Å². The minimum atomic E-state index is -0.746. The zero-order valence-corrected chi connectivity index (χ0v) is 22.5. The second kappa shape index (κ2) is 10.8. The Kier molecular flexibility index (Phi) is 8.01. The van der Waals surface area contributed by atoms with Crippen LogP contribution in [0.3, 0.4) is 0 Å². The van der Waals surface area contributed by atoms with Crippen LogP contribution in [-0.4, -0.2) is 45.3 Å². The van der Waals surface area contributed by atoms with E-state index in [0.29, 0.717) is 34.9 Å². The van der Waals surface area contributed by atoms with Crippen LogP contribution in [0.5, 0.6) is 0 Å². The molecular formula is C26H36ClN5O2S. The molecule has 1 aliphatic heterocycles. The Bertz CT molecular complexity index is 1040. The van der Waals surface area contributed by atoms with Crippen molar-refractivity contribution >= 4 is 45.7 Å². The normalized spacial score (nSPS) is 18.8. The molecule has 2 amide bonds. The van der Waals surface area contributed by atoms with Gasteiger partial charge in [-0.05, 0) is 43.2 Å². The summed E-state index contributed by atoms with van der Waals surface area (Å²) in [4.78, 5) is 37.6. The summed E-state index contributed by atoms with van der Waals surface area (Å²) in [5.41, 5.74) is 0.171. The lowest BCUT2D eigenvalue weighted by Gasteiger charge is -2.43. The van der Waals surface area contributed by atoms with Crippen LogP contribution in [0.4, 0.5) is 10.9 Å². The number of piperidine rings is 1. The SMILES string of the molecule is CC(C)(C)CC(=O)NC1(C(=O)N2CCC(c3cccc(Nc4ncc(Cl)s4)n3)CC2)CCCCC1. The molecule has 0 bridgehead atoms. The van der Waals surface area contributed by atoms with Crippen LogP contribution in [0.25, 0.3) is 0 Å². The van der Waals surface area contributed by atoms with Crippen LogP contribution in [0.1, 0.15) is 83.7 Å². The van der Waals surface area contributed by atoms with Crippen molar-refractivity contribution in [1.82, 2.24) is 20.2 Å². The van der Waals surface area contributed by atoms with E-state index in [2.05, 4.69) is 42.5 Å².